The SMILES string of the molecule is CCNC(=NCC(=O)NCCOC)NCCCN1CCCC1=O. The summed E-state index contributed by atoms with van der Waals surface area (Å²) in [7, 11) is 1.59. The van der Waals surface area contributed by atoms with Gasteiger partial charge in [-0.2, -0.15) is 0 Å². The van der Waals surface area contributed by atoms with E-state index in [4.69, 9.17) is 4.74 Å². The van der Waals surface area contributed by atoms with E-state index in [0.29, 0.717) is 32.1 Å². The molecule has 0 aromatic rings. The second-order valence-corrected chi connectivity index (χ2v) is 5.30. The van der Waals surface area contributed by atoms with Crippen LogP contribution >= 0.6 is 0 Å². The van der Waals surface area contributed by atoms with Gasteiger partial charge in [0, 0.05) is 46.3 Å². The molecular weight excluding hydrogens is 298 g/mol. The maximum absolute atomic E-state index is 11.6. The van der Waals surface area contributed by atoms with Crippen LogP contribution < -0.4 is 16.0 Å². The fourth-order valence-corrected chi connectivity index (χ4v) is 2.26. The molecule has 2 amide bonds. The summed E-state index contributed by atoms with van der Waals surface area (Å²) in [4.78, 5) is 29.2. The van der Waals surface area contributed by atoms with Crippen LogP contribution in [0.25, 0.3) is 0 Å². The minimum Gasteiger partial charge on any atom is -0.383 e. The first-order valence-electron chi connectivity index (χ1n) is 8.23. The van der Waals surface area contributed by atoms with Crippen molar-refractivity contribution in [3.63, 3.8) is 0 Å². The molecule has 0 aliphatic carbocycles. The number of rotatable bonds is 10. The number of carbonyl (C=O) groups is 2. The number of hydrogen-bond donors (Lipinski definition) is 3. The van der Waals surface area contributed by atoms with Gasteiger partial charge in [0.25, 0.3) is 0 Å². The Kier molecular flexibility index (Phi) is 9.78. The zero-order valence-corrected chi connectivity index (χ0v) is 14.2. The summed E-state index contributed by atoms with van der Waals surface area (Å²) in [5.41, 5.74) is 0. The van der Waals surface area contributed by atoms with Gasteiger partial charge in [-0.05, 0) is 19.8 Å². The van der Waals surface area contributed by atoms with Crippen LogP contribution in [-0.4, -0.2) is 75.7 Å². The van der Waals surface area contributed by atoms with Gasteiger partial charge in [0.05, 0.1) is 6.61 Å². The van der Waals surface area contributed by atoms with E-state index in [9.17, 15) is 9.59 Å². The molecule has 8 nitrogen and oxygen atoms in total. The van der Waals surface area contributed by atoms with Gasteiger partial charge in [0.2, 0.25) is 11.8 Å². The van der Waals surface area contributed by atoms with Crippen LogP contribution in [-0.2, 0) is 14.3 Å². The molecule has 23 heavy (non-hydrogen) atoms. The van der Waals surface area contributed by atoms with E-state index in [-0.39, 0.29) is 18.4 Å². The molecule has 0 bridgehead atoms. The van der Waals surface area contributed by atoms with Gasteiger partial charge in [0.1, 0.15) is 6.54 Å². The summed E-state index contributed by atoms with van der Waals surface area (Å²) >= 11 is 0. The predicted octanol–water partition coefficient (Wildman–Crippen LogP) is -0.683. The van der Waals surface area contributed by atoms with Crippen molar-refractivity contribution >= 4 is 17.8 Å². The Morgan fingerprint density at radius 2 is 2.13 bits per heavy atom. The molecule has 1 saturated heterocycles. The van der Waals surface area contributed by atoms with E-state index in [1.807, 2.05) is 11.8 Å². The number of guanidine groups is 1. The summed E-state index contributed by atoms with van der Waals surface area (Å²) < 4.78 is 4.87. The Morgan fingerprint density at radius 3 is 2.78 bits per heavy atom. The van der Waals surface area contributed by atoms with E-state index in [2.05, 4.69) is 20.9 Å². The highest BCUT2D eigenvalue weighted by Crippen LogP contribution is 2.09. The topological polar surface area (TPSA) is 95.1 Å². The molecule has 1 rings (SSSR count). The molecule has 1 fully saturated rings. The third-order valence-corrected chi connectivity index (χ3v) is 3.42. The standard InChI is InChI=1S/C15H29N5O3/c1-3-16-15(19-12-13(21)17-8-11-23-2)18-7-5-10-20-9-4-6-14(20)22/h3-12H2,1-2H3,(H,17,21)(H2,16,18,19). The Morgan fingerprint density at radius 1 is 1.30 bits per heavy atom. The molecule has 0 aromatic carbocycles. The molecule has 0 radical (unpaired) electrons. The fourth-order valence-electron chi connectivity index (χ4n) is 2.26. The third-order valence-electron chi connectivity index (χ3n) is 3.42. The number of methoxy groups -OCH3 is 1. The van der Waals surface area contributed by atoms with Crippen LogP contribution in [0, 0.1) is 0 Å². The highest BCUT2D eigenvalue weighted by atomic mass is 16.5. The summed E-state index contributed by atoms with van der Waals surface area (Å²) in [5.74, 6) is 0.724. The summed E-state index contributed by atoms with van der Waals surface area (Å²) in [6.45, 7) is 6.09. The van der Waals surface area contributed by atoms with E-state index < -0.39 is 0 Å². The minimum absolute atomic E-state index is 0.0731. The number of aliphatic imine (C=N–C) groups is 1. The third kappa shape index (κ3) is 8.39. The number of likely N-dealkylation sites (tertiary alicyclic amines) is 1. The number of nitrogens with zero attached hydrogens (tertiary/aromatic N) is 2. The first-order valence-corrected chi connectivity index (χ1v) is 8.23. The van der Waals surface area contributed by atoms with Crippen molar-refractivity contribution in [3.05, 3.63) is 0 Å². The molecular formula is C15H29N5O3. The van der Waals surface area contributed by atoms with E-state index in [1.54, 1.807) is 7.11 Å². The number of hydrogen-bond acceptors (Lipinski definition) is 4. The number of ether oxygens (including phenoxy) is 1. The van der Waals surface area contributed by atoms with Crippen LogP contribution in [0.5, 0.6) is 0 Å². The molecule has 3 N–H and O–H groups in total. The van der Waals surface area contributed by atoms with Gasteiger partial charge in [0.15, 0.2) is 5.96 Å². The Hall–Kier alpha value is -1.83. The van der Waals surface area contributed by atoms with Crippen molar-refractivity contribution in [2.75, 3.05) is 53.0 Å². The number of carbonyl (C=O) groups excluding carboxylic acids is 2. The first kappa shape index (κ1) is 19.2. The maximum atomic E-state index is 11.6. The van der Waals surface area contributed by atoms with E-state index >= 15 is 0 Å². The molecule has 8 heteroatoms. The van der Waals surface area contributed by atoms with E-state index in [0.717, 1.165) is 32.5 Å². The molecule has 0 spiro atoms. The van der Waals surface area contributed by atoms with Crippen molar-refractivity contribution in [1.29, 1.82) is 0 Å². The summed E-state index contributed by atoms with van der Waals surface area (Å²) in [6, 6.07) is 0. The quantitative estimate of drug-likeness (QED) is 0.281. The highest BCUT2D eigenvalue weighted by molar-refractivity contribution is 5.84. The van der Waals surface area contributed by atoms with Crippen LogP contribution in [0.1, 0.15) is 26.2 Å². The second kappa shape index (κ2) is 11.7. The minimum atomic E-state index is -0.137. The monoisotopic (exact) mass is 327 g/mol. The lowest BCUT2D eigenvalue weighted by atomic mass is 10.4. The van der Waals surface area contributed by atoms with Crippen molar-refractivity contribution in [2.24, 2.45) is 4.99 Å². The maximum Gasteiger partial charge on any atom is 0.241 e. The molecule has 1 heterocycles. The lowest BCUT2D eigenvalue weighted by molar-refractivity contribution is -0.127. The Bertz CT molecular complexity index is 401. The normalized spacial score (nSPS) is 15.0. The first-order chi connectivity index (χ1) is 11.2. The smallest absolute Gasteiger partial charge is 0.241 e. The van der Waals surface area contributed by atoms with Crippen LogP contribution in [0.2, 0.25) is 0 Å². The predicted molar refractivity (Wildman–Crippen MR) is 89.3 cm³/mol. The average Bonchev–Trinajstić information content (AvgIpc) is 2.94. The van der Waals surface area contributed by atoms with Gasteiger partial charge in [-0.15, -0.1) is 0 Å². The second-order valence-electron chi connectivity index (χ2n) is 5.30. The number of nitrogens with one attached hydrogen (secondary N) is 3. The lowest BCUT2D eigenvalue weighted by Gasteiger charge is -2.16. The Labute approximate surface area is 138 Å². The average molecular weight is 327 g/mol. The van der Waals surface area contributed by atoms with Crippen molar-refractivity contribution in [2.45, 2.75) is 26.2 Å². The zero-order chi connectivity index (χ0) is 16.9. The summed E-state index contributed by atoms with van der Waals surface area (Å²) in [6.07, 6.45) is 2.50. The van der Waals surface area contributed by atoms with E-state index in [1.165, 1.54) is 0 Å². The summed E-state index contributed by atoms with van der Waals surface area (Å²) in [5, 5.41) is 8.99. The molecule has 132 valence electrons. The largest absolute Gasteiger partial charge is 0.383 e. The van der Waals surface area contributed by atoms with Gasteiger partial charge in [-0.1, -0.05) is 0 Å². The zero-order valence-electron chi connectivity index (χ0n) is 14.2. The molecule has 0 aromatic heterocycles. The highest BCUT2D eigenvalue weighted by Gasteiger charge is 2.18. The molecule has 1 aliphatic rings. The molecule has 0 unspecified atom stereocenters. The molecule has 0 saturated carbocycles. The van der Waals surface area contributed by atoms with Crippen LogP contribution in [0.4, 0.5) is 0 Å². The van der Waals surface area contributed by atoms with Crippen molar-refractivity contribution in [3.8, 4) is 0 Å². The van der Waals surface area contributed by atoms with Crippen molar-refractivity contribution < 1.29 is 14.3 Å². The van der Waals surface area contributed by atoms with Crippen LogP contribution in [0.3, 0.4) is 0 Å². The van der Waals surface area contributed by atoms with Crippen molar-refractivity contribution in [1.82, 2.24) is 20.9 Å². The lowest BCUT2D eigenvalue weighted by Crippen LogP contribution is -2.40. The fraction of sp³-hybridized carbons (Fsp3) is 0.800. The molecule has 1 aliphatic heterocycles. The van der Waals surface area contributed by atoms with Crippen LogP contribution in [0.15, 0.2) is 4.99 Å². The van der Waals surface area contributed by atoms with Gasteiger partial charge < -0.3 is 25.6 Å². The Balaban J connectivity index is 2.23. The van der Waals surface area contributed by atoms with Gasteiger partial charge in [-0.3, -0.25) is 9.59 Å². The molecule has 0 atom stereocenters. The van der Waals surface area contributed by atoms with Gasteiger partial charge in [-0.25, -0.2) is 4.99 Å². The number of amides is 2. The van der Waals surface area contributed by atoms with Gasteiger partial charge >= 0.3 is 0 Å².